The van der Waals surface area contributed by atoms with Crippen molar-refractivity contribution in [3.05, 3.63) is 23.8 Å². The molecular weight excluding hydrogens is 258 g/mol. The molecule has 0 amide bonds. The molecule has 0 radical (unpaired) electrons. The van der Waals surface area contributed by atoms with Gasteiger partial charge in [0.05, 0.1) is 21.3 Å². The third-order valence-corrected chi connectivity index (χ3v) is 3.24. The molecule has 0 fully saturated rings. The fourth-order valence-corrected chi connectivity index (χ4v) is 1.85. The fraction of sp³-hybridized carbons (Fsp3) is 0.533. The summed E-state index contributed by atoms with van der Waals surface area (Å²) in [5.41, 5.74) is 0.787. The largest absolute Gasteiger partial charge is 0.493 e. The first kappa shape index (κ1) is 16.3. The first-order chi connectivity index (χ1) is 9.57. The quantitative estimate of drug-likeness (QED) is 0.777. The van der Waals surface area contributed by atoms with Crippen LogP contribution in [0.1, 0.15) is 31.9 Å². The number of ether oxygens (including phenoxy) is 3. The van der Waals surface area contributed by atoms with Gasteiger partial charge in [-0.25, -0.2) is 4.79 Å². The van der Waals surface area contributed by atoms with E-state index in [0.717, 1.165) is 12.0 Å². The first-order valence-electron chi connectivity index (χ1n) is 6.63. The van der Waals surface area contributed by atoms with E-state index in [1.165, 1.54) is 7.11 Å². The molecule has 112 valence electrons. The summed E-state index contributed by atoms with van der Waals surface area (Å²) in [5.74, 6) is 0.894. The molecule has 0 aliphatic carbocycles. The van der Waals surface area contributed by atoms with Crippen molar-refractivity contribution < 1.29 is 19.0 Å². The van der Waals surface area contributed by atoms with E-state index in [2.05, 4.69) is 12.2 Å². The third-order valence-electron chi connectivity index (χ3n) is 3.24. The molecule has 0 saturated carbocycles. The van der Waals surface area contributed by atoms with Crippen LogP contribution in [0, 0.1) is 0 Å². The summed E-state index contributed by atoms with van der Waals surface area (Å²) in [4.78, 5) is 12.0. The topological polar surface area (TPSA) is 56.8 Å². The number of rotatable bonds is 7. The van der Waals surface area contributed by atoms with E-state index in [0.29, 0.717) is 11.5 Å². The number of hydrogen-bond acceptors (Lipinski definition) is 5. The monoisotopic (exact) mass is 281 g/mol. The maximum atomic E-state index is 12.0. The molecule has 1 N–H and O–H groups in total. The Balaban J connectivity index is 3.10. The summed E-state index contributed by atoms with van der Waals surface area (Å²) in [5, 5.41) is 3.25. The number of esters is 1. The van der Waals surface area contributed by atoms with Crippen molar-refractivity contribution in [1.29, 1.82) is 0 Å². The molecule has 0 saturated heterocycles. The minimum atomic E-state index is -0.519. The number of methoxy groups -OCH3 is 3. The lowest BCUT2D eigenvalue weighted by Crippen LogP contribution is -2.35. The zero-order valence-electron chi connectivity index (χ0n) is 12.7. The van der Waals surface area contributed by atoms with Crippen molar-refractivity contribution in [1.82, 2.24) is 5.32 Å². The summed E-state index contributed by atoms with van der Waals surface area (Å²) in [6.07, 6.45) is 0.917. The van der Waals surface area contributed by atoms with Crippen LogP contribution in [0.15, 0.2) is 18.2 Å². The van der Waals surface area contributed by atoms with Crippen LogP contribution >= 0.6 is 0 Å². The van der Waals surface area contributed by atoms with Gasteiger partial charge in [0.15, 0.2) is 11.5 Å². The highest BCUT2D eigenvalue weighted by atomic mass is 16.5. The maximum absolute atomic E-state index is 12.0. The van der Waals surface area contributed by atoms with Gasteiger partial charge in [-0.05, 0) is 31.0 Å². The highest BCUT2D eigenvalue weighted by molar-refractivity contribution is 5.78. The van der Waals surface area contributed by atoms with Gasteiger partial charge in [-0.15, -0.1) is 0 Å². The highest BCUT2D eigenvalue weighted by Gasteiger charge is 2.23. The van der Waals surface area contributed by atoms with Crippen LogP contribution in [-0.2, 0) is 9.53 Å². The molecule has 5 heteroatoms. The van der Waals surface area contributed by atoms with Crippen LogP contribution in [0.4, 0.5) is 0 Å². The number of hydrogen-bond donors (Lipinski definition) is 1. The lowest BCUT2D eigenvalue weighted by Gasteiger charge is -2.21. The van der Waals surface area contributed by atoms with E-state index in [1.54, 1.807) is 26.4 Å². The summed E-state index contributed by atoms with van der Waals surface area (Å²) in [6.45, 7) is 4.08. The highest BCUT2D eigenvalue weighted by Crippen LogP contribution is 2.30. The predicted octanol–water partition coefficient (Wildman–Crippen LogP) is 2.31. The maximum Gasteiger partial charge on any atom is 0.327 e. The number of benzene rings is 1. The molecule has 0 spiro atoms. The Bertz CT molecular complexity index is 447. The van der Waals surface area contributed by atoms with E-state index < -0.39 is 6.04 Å². The van der Waals surface area contributed by atoms with Crippen molar-refractivity contribution in [2.24, 2.45) is 0 Å². The SMILES string of the molecule is CCC(C)NC(C(=O)OC)c1ccc(OC)c(OC)c1. The molecule has 0 bridgehead atoms. The van der Waals surface area contributed by atoms with Gasteiger partial charge in [0.25, 0.3) is 0 Å². The standard InChI is InChI=1S/C15H23NO4/c1-6-10(2)16-14(15(17)20-5)11-7-8-12(18-3)13(9-11)19-4/h7-10,14,16H,6H2,1-5H3. The van der Waals surface area contributed by atoms with Crippen molar-refractivity contribution >= 4 is 5.97 Å². The summed E-state index contributed by atoms with van der Waals surface area (Å²) in [6, 6.07) is 5.08. The number of nitrogens with one attached hydrogen (secondary N) is 1. The first-order valence-corrected chi connectivity index (χ1v) is 6.63. The van der Waals surface area contributed by atoms with Crippen LogP contribution in [0.3, 0.4) is 0 Å². The van der Waals surface area contributed by atoms with Crippen molar-refractivity contribution in [3.8, 4) is 11.5 Å². The van der Waals surface area contributed by atoms with E-state index >= 15 is 0 Å². The van der Waals surface area contributed by atoms with E-state index in [9.17, 15) is 4.79 Å². The molecule has 2 atom stereocenters. The van der Waals surface area contributed by atoms with Crippen molar-refractivity contribution in [3.63, 3.8) is 0 Å². The minimum Gasteiger partial charge on any atom is -0.493 e. The molecular formula is C15H23NO4. The smallest absolute Gasteiger partial charge is 0.327 e. The Hall–Kier alpha value is -1.75. The van der Waals surface area contributed by atoms with Crippen LogP contribution in [-0.4, -0.2) is 33.3 Å². The van der Waals surface area contributed by atoms with Gasteiger partial charge in [0.1, 0.15) is 6.04 Å². The third kappa shape index (κ3) is 3.87. The molecule has 1 rings (SSSR count). The minimum absolute atomic E-state index is 0.201. The Kier molecular flexibility index (Phi) is 6.31. The second kappa shape index (κ2) is 7.75. The lowest BCUT2D eigenvalue weighted by atomic mass is 10.0. The summed E-state index contributed by atoms with van der Waals surface area (Å²) >= 11 is 0. The van der Waals surface area contributed by atoms with Crippen molar-refractivity contribution in [2.75, 3.05) is 21.3 Å². The zero-order chi connectivity index (χ0) is 15.1. The Labute approximate surface area is 120 Å². The van der Waals surface area contributed by atoms with Crippen LogP contribution in [0.5, 0.6) is 11.5 Å². The molecule has 2 unspecified atom stereocenters. The second-order valence-corrected chi connectivity index (χ2v) is 4.55. The summed E-state index contributed by atoms with van der Waals surface area (Å²) < 4.78 is 15.3. The fourth-order valence-electron chi connectivity index (χ4n) is 1.85. The Morgan fingerprint density at radius 3 is 2.35 bits per heavy atom. The van der Waals surface area contributed by atoms with Gasteiger partial charge in [-0.3, -0.25) is 5.32 Å². The van der Waals surface area contributed by atoms with Crippen molar-refractivity contribution in [2.45, 2.75) is 32.4 Å². The van der Waals surface area contributed by atoms with Gasteiger partial charge < -0.3 is 14.2 Å². The van der Waals surface area contributed by atoms with E-state index in [-0.39, 0.29) is 12.0 Å². The van der Waals surface area contributed by atoms with Gasteiger partial charge >= 0.3 is 5.97 Å². The number of carbonyl (C=O) groups excluding carboxylic acids is 1. The average Bonchev–Trinajstić information content (AvgIpc) is 2.50. The average molecular weight is 281 g/mol. The zero-order valence-corrected chi connectivity index (χ0v) is 12.7. The molecule has 5 nitrogen and oxygen atoms in total. The lowest BCUT2D eigenvalue weighted by molar-refractivity contribution is -0.143. The molecule has 0 aliphatic heterocycles. The van der Waals surface area contributed by atoms with Gasteiger partial charge in [0, 0.05) is 6.04 Å². The van der Waals surface area contributed by atoms with Gasteiger partial charge in [-0.2, -0.15) is 0 Å². The van der Waals surface area contributed by atoms with Crippen LogP contribution in [0.25, 0.3) is 0 Å². The molecule has 1 aromatic rings. The molecule has 20 heavy (non-hydrogen) atoms. The molecule has 1 aromatic carbocycles. The van der Waals surface area contributed by atoms with Crippen LogP contribution < -0.4 is 14.8 Å². The molecule has 0 heterocycles. The number of carbonyl (C=O) groups is 1. The van der Waals surface area contributed by atoms with Gasteiger partial charge in [-0.1, -0.05) is 13.0 Å². The van der Waals surface area contributed by atoms with E-state index in [1.807, 2.05) is 13.0 Å². The summed E-state index contributed by atoms with van der Waals surface area (Å²) in [7, 11) is 4.53. The molecule has 0 aromatic heterocycles. The van der Waals surface area contributed by atoms with E-state index in [4.69, 9.17) is 14.2 Å². The second-order valence-electron chi connectivity index (χ2n) is 4.55. The Morgan fingerprint density at radius 2 is 1.85 bits per heavy atom. The Morgan fingerprint density at radius 1 is 1.20 bits per heavy atom. The molecule has 0 aliphatic rings. The van der Waals surface area contributed by atoms with Gasteiger partial charge in [0.2, 0.25) is 0 Å². The normalized spacial score (nSPS) is 13.4. The van der Waals surface area contributed by atoms with Crippen LogP contribution in [0.2, 0.25) is 0 Å². The predicted molar refractivity (Wildman–Crippen MR) is 77.2 cm³/mol.